The van der Waals surface area contributed by atoms with Gasteiger partial charge in [0.15, 0.2) is 5.96 Å². The fourth-order valence-corrected chi connectivity index (χ4v) is 3.31. The van der Waals surface area contributed by atoms with E-state index in [1.165, 1.54) is 4.90 Å². The number of nitrogens with zero attached hydrogens (tertiary/aromatic N) is 4. The van der Waals surface area contributed by atoms with Crippen LogP contribution in [0.5, 0.6) is 0 Å². The average Bonchev–Trinajstić information content (AvgIpc) is 3.29. The Labute approximate surface area is 194 Å². The largest absolute Gasteiger partial charge is 0.401 e. The van der Waals surface area contributed by atoms with E-state index in [9.17, 15) is 13.2 Å². The predicted octanol–water partition coefficient (Wildman–Crippen LogP) is 3.35. The van der Waals surface area contributed by atoms with Gasteiger partial charge >= 0.3 is 6.18 Å². The lowest BCUT2D eigenvalue weighted by atomic mass is 10.2. The molecule has 1 saturated heterocycles. The summed E-state index contributed by atoms with van der Waals surface area (Å²) in [5.41, 5.74) is 0.766. The van der Waals surface area contributed by atoms with Crippen LogP contribution in [-0.2, 0) is 6.42 Å². The van der Waals surface area contributed by atoms with Crippen molar-refractivity contribution < 1.29 is 17.7 Å². The van der Waals surface area contributed by atoms with Gasteiger partial charge in [0, 0.05) is 49.7 Å². The minimum Gasteiger partial charge on any atom is -0.356 e. The van der Waals surface area contributed by atoms with Crippen molar-refractivity contribution in [2.75, 3.05) is 33.2 Å². The van der Waals surface area contributed by atoms with Crippen LogP contribution in [0.1, 0.15) is 12.3 Å². The van der Waals surface area contributed by atoms with Crippen LogP contribution in [-0.4, -0.2) is 66.4 Å². The zero-order valence-electron chi connectivity index (χ0n) is 16.2. The van der Waals surface area contributed by atoms with E-state index in [1.807, 2.05) is 12.1 Å². The lowest BCUT2D eigenvalue weighted by molar-refractivity contribution is -0.143. The molecule has 0 saturated carbocycles. The van der Waals surface area contributed by atoms with Gasteiger partial charge in [-0.15, -0.1) is 24.0 Å². The van der Waals surface area contributed by atoms with Gasteiger partial charge in [0.2, 0.25) is 11.7 Å². The van der Waals surface area contributed by atoms with Gasteiger partial charge in [-0.2, -0.15) is 18.2 Å². The van der Waals surface area contributed by atoms with Gasteiger partial charge in [-0.25, -0.2) is 0 Å². The molecule has 1 aromatic carbocycles. The normalized spacial score (nSPS) is 17.6. The Morgan fingerprint density at radius 3 is 2.90 bits per heavy atom. The van der Waals surface area contributed by atoms with Crippen molar-refractivity contribution >= 4 is 41.5 Å². The first kappa shape index (κ1) is 24.7. The van der Waals surface area contributed by atoms with Crippen LogP contribution in [0.3, 0.4) is 0 Å². The molecule has 0 aliphatic carbocycles. The number of halogens is 5. The van der Waals surface area contributed by atoms with Crippen LogP contribution >= 0.6 is 35.6 Å². The molecule has 0 radical (unpaired) electrons. The molecule has 1 fully saturated rings. The van der Waals surface area contributed by atoms with Gasteiger partial charge in [0.05, 0.1) is 6.54 Å². The number of alkyl halides is 3. The molecule has 3 rings (SSSR count). The van der Waals surface area contributed by atoms with Crippen LogP contribution in [0.15, 0.2) is 33.8 Å². The Morgan fingerprint density at radius 1 is 1.40 bits per heavy atom. The predicted molar refractivity (Wildman–Crippen MR) is 119 cm³/mol. The zero-order valence-corrected chi connectivity index (χ0v) is 19.3. The van der Waals surface area contributed by atoms with Crippen LogP contribution in [0.4, 0.5) is 13.2 Å². The molecule has 0 amide bonds. The molecule has 1 unspecified atom stereocenters. The van der Waals surface area contributed by atoms with Gasteiger partial charge in [0.1, 0.15) is 0 Å². The first-order valence-corrected chi connectivity index (χ1v) is 9.55. The number of nitrogens with one attached hydrogen (secondary N) is 2. The summed E-state index contributed by atoms with van der Waals surface area (Å²) in [6, 6.07) is 7.09. The molecule has 0 spiro atoms. The second-order valence-electron chi connectivity index (χ2n) is 6.75. The maximum Gasteiger partial charge on any atom is 0.401 e. The van der Waals surface area contributed by atoms with Gasteiger partial charge in [-0.1, -0.05) is 28.9 Å². The van der Waals surface area contributed by atoms with Crippen molar-refractivity contribution in [3.05, 3.63) is 35.2 Å². The summed E-state index contributed by atoms with van der Waals surface area (Å²) >= 11 is 5.97. The van der Waals surface area contributed by atoms with Crippen molar-refractivity contribution in [2.45, 2.75) is 25.1 Å². The van der Waals surface area contributed by atoms with Crippen LogP contribution in [0, 0.1) is 0 Å². The highest BCUT2D eigenvalue weighted by Gasteiger charge is 2.34. The molecule has 166 valence electrons. The molecule has 12 heteroatoms. The number of benzene rings is 1. The molecule has 7 nitrogen and oxygen atoms in total. The van der Waals surface area contributed by atoms with E-state index in [-0.39, 0.29) is 30.0 Å². The zero-order chi connectivity index (χ0) is 20.9. The molecule has 2 aromatic rings. The van der Waals surface area contributed by atoms with Crippen molar-refractivity contribution in [1.29, 1.82) is 0 Å². The van der Waals surface area contributed by atoms with Gasteiger partial charge in [-0.3, -0.25) is 9.89 Å². The van der Waals surface area contributed by atoms with Crippen LogP contribution in [0.2, 0.25) is 5.02 Å². The van der Waals surface area contributed by atoms with E-state index in [1.54, 1.807) is 19.2 Å². The number of hydrogen-bond acceptors (Lipinski definition) is 5. The molecule has 30 heavy (non-hydrogen) atoms. The van der Waals surface area contributed by atoms with E-state index < -0.39 is 12.7 Å². The van der Waals surface area contributed by atoms with Crippen molar-refractivity contribution in [1.82, 2.24) is 25.7 Å². The Bertz CT molecular complexity index is 847. The van der Waals surface area contributed by atoms with E-state index in [2.05, 4.69) is 25.8 Å². The highest BCUT2D eigenvalue weighted by atomic mass is 127. The summed E-state index contributed by atoms with van der Waals surface area (Å²) in [7, 11) is 1.61. The summed E-state index contributed by atoms with van der Waals surface area (Å²) in [5.74, 6) is 1.44. The van der Waals surface area contributed by atoms with E-state index in [4.69, 9.17) is 16.1 Å². The number of aromatic nitrogens is 2. The number of likely N-dealkylation sites (tertiary alicyclic amines) is 1. The quantitative estimate of drug-likeness (QED) is 0.322. The number of hydrogen-bond donors (Lipinski definition) is 2. The molecular weight excluding hydrogens is 536 g/mol. The third-order valence-corrected chi connectivity index (χ3v) is 4.66. The molecule has 0 bridgehead atoms. The lowest BCUT2D eigenvalue weighted by Crippen LogP contribution is -2.45. The third kappa shape index (κ3) is 7.58. The second-order valence-corrected chi connectivity index (χ2v) is 7.19. The average molecular weight is 559 g/mol. The monoisotopic (exact) mass is 558 g/mol. The molecule has 2 N–H and O–H groups in total. The molecule has 1 aromatic heterocycles. The first-order valence-electron chi connectivity index (χ1n) is 9.17. The van der Waals surface area contributed by atoms with E-state index in [0.717, 1.165) is 5.56 Å². The number of aliphatic imine (C=N–C) groups is 1. The minimum absolute atomic E-state index is 0. The standard InChI is InChI=1S/C18H22ClF3N6O.HI/c1-23-17(25-14-6-8-28(10-14)11-18(20,21)22)24-7-5-15-26-16(27-29-15)12-3-2-4-13(19)9-12;/h2-4,9,14H,5-8,10-11H2,1H3,(H2,23,24,25);1H. The second kappa shape index (κ2) is 11.1. The Balaban J connectivity index is 0.00000320. The molecule has 1 aliphatic rings. The highest BCUT2D eigenvalue weighted by Crippen LogP contribution is 2.21. The fraction of sp³-hybridized carbons (Fsp3) is 0.500. The Kier molecular flexibility index (Phi) is 9.16. The summed E-state index contributed by atoms with van der Waals surface area (Å²) in [6.07, 6.45) is -3.08. The first-order chi connectivity index (χ1) is 13.8. The fourth-order valence-electron chi connectivity index (χ4n) is 3.12. The highest BCUT2D eigenvalue weighted by molar-refractivity contribution is 14.0. The molecular formula is C18H23ClF3IN6O. The van der Waals surface area contributed by atoms with Crippen molar-refractivity contribution in [3.63, 3.8) is 0 Å². The molecule has 1 aliphatic heterocycles. The topological polar surface area (TPSA) is 78.6 Å². The van der Waals surface area contributed by atoms with Gasteiger partial charge in [0.25, 0.3) is 0 Å². The number of guanidine groups is 1. The molecule has 2 heterocycles. The Morgan fingerprint density at radius 2 is 2.20 bits per heavy atom. The summed E-state index contributed by atoms with van der Waals surface area (Å²) < 4.78 is 42.7. The maximum atomic E-state index is 12.5. The smallest absolute Gasteiger partial charge is 0.356 e. The lowest BCUT2D eigenvalue weighted by Gasteiger charge is -2.19. The van der Waals surface area contributed by atoms with Gasteiger partial charge < -0.3 is 15.2 Å². The summed E-state index contributed by atoms with van der Waals surface area (Å²) in [5, 5.41) is 10.8. The molecule has 1 atom stereocenters. The minimum atomic E-state index is -4.18. The SMILES string of the molecule is CN=C(NCCc1nc(-c2cccc(Cl)c2)no1)NC1CCN(CC(F)(F)F)C1.I. The summed E-state index contributed by atoms with van der Waals surface area (Å²) in [4.78, 5) is 9.85. The maximum absolute atomic E-state index is 12.5. The van der Waals surface area contributed by atoms with Crippen LogP contribution < -0.4 is 10.6 Å². The van der Waals surface area contributed by atoms with Crippen molar-refractivity contribution in [3.8, 4) is 11.4 Å². The third-order valence-electron chi connectivity index (χ3n) is 4.42. The van der Waals surface area contributed by atoms with E-state index >= 15 is 0 Å². The van der Waals surface area contributed by atoms with Crippen molar-refractivity contribution in [2.24, 2.45) is 4.99 Å². The summed E-state index contributed by atoms with van der Waals surface area (Å²) in [6.45, 7) is 0.328. The Hall–Kier alpha value is -1.60. The van der Waals surface area contributed by atoms with E-state index in [0.29, 0.717) is 55.2 Å². The van der Waals surface area contributed by atoms with Gasteiger partial charge in [-0.05, 0) is 18.6 Å². The van der Waals surface area contributed by atoms with Crippen LogP contribution in [0.25, 0.3) is 11.4 Å². The number of rotatable bonds is 6.